The van der Waals surface area contributed by atoms with Gasteiger partial charge in [-0.25, -0.2) is 0 Å². The van der Waals surface area contributed by atoms with Crippen LogP contribution in [0.25, 0.3) is 0 Å². The van der Waals surface area contributed by atoms with Gasteiger partial charge in [0, 0.05) is 29.2 Å². The average Bonchev–Trinajstić information content (AvgIpc) is 2.91. The van der Waals surface area contributed by atoms with Gasteiger partial charge < -0.3 is 15.2 Å². The Morgan fingerprint density at radius 3 is 2.95 bits per heavy atom. The molecule has 2 N–H and O–H groups in total. The third kappa shape index (κ3) is 4.92. The first-order chi connectivity index (χ1) is 9.65. The molecule has 0 bridgehead atoms. The Kier molecular flexibility index (Phi) is 6.06. The van der Waals surface area contributed by atoms with Crippen LogP contribution < -0.4 is 10.1 Å². The van der Waals surface area contributed by atoms with Gasteiger partial charge in [0.2, 0.25) is 0 Å². The first kappa shape index (κ1) is 15.5. The number of nitrogens with one attached hydrogen (secondary N) is 1. The maximum atomic E-state index is 9.82. The molecule has 108 valence electrons. The second-order valence-corrected chi connectivity index (χ2v) is 5.95. The quantitative estimate of drug-likeness (QED) is 0.818. The molecule has 20 heavy (non-hydrogen) atoms. The van der Waals surface area contributed by atoms with Crippen molar-refractivity contribution in [3.05, 3.63) is 44.8 Å². The third-order valence-corrected chi connectivity index (χ3v) is 3.80. The van der Waals surface area contributed by atoms with Gasteiger partial charge in [-0.3, -0.25) is 4.98 Å². The molecule has 7 heteroatoms. The lowest BCUT2D eigenvalue weighted by Gasteiger charge is -2.13. The minimum Gasteiger partial charge on any atom is -0.489 e. The lowest BCUT2D eigenvalue weighted by atomic mass is 10.3. The summed E-state index contributed by atoms with van der Waals surface area (Å²) in [7, 11) is 0. The van der Waals surface area contributed by atoms with Gasteiger partial charge in [0.1, 0.15) is 18.5 Å². The Labute approximate surface area is 131 Å². The topological polar surface area (TPSA) is 54.4 Å². The number of aromatic nitrogens is 1. The summed E-state index contributed by atoms with van der Waals surface area (Å²) in [6.45, 7) is 1.28. The van der Waals surface area contributed by atoms with E-state index in [9.17, 15) is 5.11 Å². The molecule has 1 aromatic heterocycles. The number of benzene rings is 1. The molecule has 0 aliphatic heterocycles. The summed E-state index contributed by atoms with van der Waals surface area (Å²) in [6, 6.07) is 4.98. The zero-order valence-corrected chi connectivity index (χ0v) is 12.9. The summed E-state index contributed by atoms with van der Waals surface area (Å²) in [5.41, 5.74) is 1.78. The Morgan fingerprint density at radius 2 is 2.25 bits per heavy atom. The van der Waals surface area contributed by atoms with Crippen molar-refractivity contribution in [2.45, 2.75) is 12.6 Å². The van der Waals surface area contributed by atoms with Crippen LogP contribution in [0.15, 0.2) is 29.9 Å². The van der Waals surface area contributed by atoms with E-state index in [1.54, 1.807) is 41.2 Å². The number of aliphatic hydroxyl groups is 1. The lowest BCUT2D eigenvalue weighted by molar-refractivity contribution is 0.106. The number of halogens is 2. The van der Waals surface area contributed by atoms with E-state index in [-0.39, 0.29) is 6.61 Å². The SMILES string of the molecule is OC(CNCc1cncs1)COc1ccc(Cl)cc1Cl. The molecule has 0 spiro atoms. The molecule has 1 heterocycles. The van der Waals surface area contributed by atoms with E-state index in [1.807, 2.05) is 0 Å². The van der Waals surface area contributed by atoms with Crippen LogP contribution in [0.1, 0.15) is 4.88 Å². The van der Waals surface area contributed by atoms with E-state index in [0.717, 1.165) is 4.88 Å². The van der Waals surface area contributed by atoms with E-state index < -0.39 is 6.10 Å². The van der Waals surface area contributed by atoms with Gasteiger partial charge >= 0.3 is 0 Å². The summed E-state index contributed by atoms with van der Waals surface area (Å²) in [4.78, 5) is 5.10. The zero-order valence-electron chi connectivity index (χ0n) is 10.6. The summed E-state index contributed by atoms with van der Waals surface area (Å²) in [6.07, 6.45) is 1.18. The molecule has 0 aliphatic rings. The predicted molar refractivity (Wildman–Crippen MR) is 81.8 cm³/mol. The highest BCUT2D eigenvalue weighted by atomic mass is 35.5. The molecule has 0 radical (unpaired) electrons. The largest absolute Gasteiger partial charge is 0.489 e. The van der Waals surface area contributed by atoms with Crippen LogP contribution in [0, 0.1) is 0 Å². The van der Waals surface area contributed by atoms with Crippen LogP contribution in [0.5, 0.6) is 5.75 Å². The lowest BCUT2D eigenvalue weighted by Crippen LogP contribution is -2.31. The second kappa shape index (κ2) is 7.81. The van der Waals surface area contributed by atoms with Crippen molar-refractivity contribution in [2.24, 2.45) is 0 Å². The first-order valence-corrected chi connectivity index (χ1v) is 7.62. The molecule has 1 aromatic carbocycles. The van der Waals surface area contributed by atoms with E-state index >= 15 is 0 Å². The normalized spacial score (nSPS) is 12.3. The highest BCUT2D eigenvalue weighted by Crippen LogP contribution is 2.27. The van der Waals surface area contributed by atoms with Crippen LogP contribution in [0.4, 0.5) is 0 Å². The summed E-state index contributed by atoms with van der Waals surface area (Å²) in [5.74, 6) is 0.512. The molecule has 0 saturated carbocycles. The molecule has 2 aromatic rings. The van der Waals surface area contributed by atoms with Crippen molar-refractivity contribution in [2.75, 3.05) is 13.2 Å². The van der Waals surface area contributed by atoms with Gasteiger partial charge in [-0.2, -0.15) is 0 Å². The van der Waals surface area contributed by atoms with Gasteiger partial charge in [-0.15, -0.1) is 11.3 Å². The minimum absolute atomic E-state index is 0.164. The number of ether oxygens (including phenoxy) is 1. The Balaban J connectivity index is 1.70. The fraction of sp³-hybridized carbons (Fsp3) is 0.308. The molecule has 0 amide bonds. The molecule has 1 atom stereocenters. The second-order valence-electron chi connectivity index (χ2n) is 4.14. The zero-order chi connectivity index (χ0) is 14.4. The van der Waals surface area contributed by atoms with Crippen LogP contribution in [0.3, 0.4) is 0 Å². The molecule has 0 fully saturated rings. The van der Waals surface area contributed by atoms with Gasteiger partial charge in [-0.05, 0) is 18.2 Å². The number of hydrogen-bond donors (Lipinski definition) is 2. The molecule has 0 saturated heterocycles. The van der Waals surface area contributed by atoms with Crippen molar-refractivity contribution >= 4 is 34.5 Å². The molecule has 4 nitrogen and oxygen atoms in total. The van der Waals surface area contributed by atoms with Crippen molar-refractivity contribution in [1.82, 2.24) is 10.3 Å². The van der Waals surface area contributed by atoms with Gasteiger partial charge in [0.15, 0.2) is 0 Å². The molecule has 1 unspecified atom stereocenters. The van der Waals surface area contributed by atoms with Crippen LogP contribution in [-0.4, -0.2) is 29.3 Å². The maximum Gasteiger partial charge on any atom is 0.138 e. The molecular weight excluding hydrogens is 319 g/mol. The fourth-order valence-electron chi connectivity index (χ4n) is 1.53. The van der Waals surface area contributed by atoms with Crippen molar-refractivity contribution < 1.29 is 9.84 Å². The standard InChI is InChI=1S/C13H14Cl2N2O2S/c14-9-1-2-13(12(15)3-9)19-7-10(18)4-16-5-11-6-17-8-20-11/h1-3,6,8,10,16,18H,4-5,7H2. The number of aliphatic hydroxyl groups excluding tert-OH is 1. The van der Waals surface area contributed by atoms with E-state index in [4.69, 9.17) is 27.9 Å². The third-order valence-electron chi connectivity index (χ3n) is 2.49. The summed E-state index contributed by atoms with van der Waals surface area (Å²) >= 11 is 13.3. The number of rotatable bonds is 7. The van der Waals surface area contributed by atoms with E-state index in [2.05, 4.69) is 10.3 Å². The Bertz CT molecular complexity index is 537. The van der Waals surface area contributed by atoms with Crippen molar-refractivity contribution in [1.29, 1.82) is 0 Å². The Morgan fingerprint density at radius 1 is 1.40 bits per heavy atom. The van der Waals surface area contributed by atoms with Crippen molar-refractivity contribution in [3.8, 4) is 5.75 Å². The Hall–Kier alpha value is -0.850. The molecule has 0 aliphatic carbocycles. The van der Waals surface area contributed by atoms with E-state index in [0.29, 0.717) is 28.9 Å². The molecular formula is C13H14Cl2N2O2S. The van der Waals surface area contributed by atoms with Crippen LogP contribution in [-0.2, 0) is 6.54 Å². The van der Waals surface area contributed by atoms with Crippen molar-refractivity contribution in [3.63, 3.8) is 0 Å². The van der Waals surface area contributed by atoms with Gasteiger partial charge in [-0.1, -0.05) is 23.2 Å². The van der Waals surface area contributed by atoms with E-state index in [1.165, 1.54) is 0 Å². The highest BCUT2D eigenvalue weighted by Gasteiger charge is 2.08. The van der Waals surface area contributed by atoms with Crippen LogP contribution in [0.2, 0.25) is 10.0 Å². The number of hydrogen-bond acceptors (Lipinski definition) is 5. The highest BCUT2D eigenvalue weighted by molar-refractivity contribution is 7.09. The van der Waals surface area contributed by atoms with Gasteiger partial charge in [0.05, 0.1) is 10.5 Å². The smallest absolute Gasteiger partial charge is 0.138 e. The monoisotopic (exact) mass is 332 g/mol. The van der Waals surface area contributed by atoms with Crippen LogP contribution >= 0.6 is 34.5 Å². The predicted octanol–water partition coefficient (Wildman–Crippen LogP) is 2.98. The number of nitrogens with zero attached hydrogens (tertiary/aromatic N) is 1. The fourth-order valence-corrected chi connectivity index (χ4v) is 2.56. The maximum absolute atomic E-state index is 9.82. The minimum atomic E-state index is -0.616. The first-order valence-electron chi connectivity index (χ1n) is 5.99. The average molecular weight is 333 g/mol. The summed E-state index contributed by atoms with van der Waals surface area (Å²) < 4.78 is 5.45. The molecule has 2 rings (SSSR count). The summed E-state index contributed by atoms with van der Waals surface area (Å²) in [5, 5.41) is 13.9. The van der Waals surface area contributed by atoms with Gasteiger partial charge in [0.25, 0.3) is 0 Å². The number of thiazole rings is 1.